The van der Waals surface area contributed by atoms with E-state index >= 15 is 0 Å². The van der Waals surface area contributed by atoms with E-state index < -0.39 is 0 Å². The van der Waals surface area contributed by atoms with Crippen LogP contribution in [0.5, 0.6) is 0 Å². The zero-order valence-corrected chi connectivity index (χ0v) is 17.0. The van der Waals surface area contributed by atoms with E-state index in [4.69, 9.17) is 4.98 Å². The lowest BCUT2D eigenvalue weighted by atomic mass is 10.2. The lowest BCUT2D eigenvalue weighted by molar-refractivity contribution is 0.855. The number of aryl methyl sites for hydroxylation is 1. The Hall–Kier alpha value is -2.73. The normalized spacial score (nSPS) is 12.4. The van der Waals surface area contributed by atoms with E-state index in [1.165, 1.54) is 11.3 Å². The highest BCUT2D eigenvalue weighted by Gasteiger charge is 2.18. The molecule has 6 heteroatoms. The van der Waals surface area contributed by atoms with Crippen molar-refractivity contribution in [2.45, 2.75) is 27.2 Å². The lowest BCUT2D eigenvalue weighted by Gasteiger charge is -2.19. The Kier molecular flexibility index (Phi) is 5.56. The third kappa shape index (κ3) is 3.57. The minimum absolute atomic E-state index is 0.0644. The zero-order chi connectivity index (χ0) is 19.6. The van der Waals surface area contributed by atoms with Gasteiger partial charge in [0.25, 0.3) is 5.56 Å². The molecular formula is C21H24N4OS. The summed E-state index contributed by atoms with van der Waals surface area (Å²) in [7, 11) is 2.06. The highest BCUT2D eigenvalue weighted by molar-refractivity contribution is 7.25. The van der Waals surface area contributed by atoms with Gasteiger partial charge in [-0.15, -0.1) is 11.3 Å². The number of fused-ring (bicyclic) bond motifs is 3. The molecule has 0 aliphatic carbocycles. The maximum atomic E-state index is 13.1. The third-order valence-electron chi connectivity index (χ3n) is 4.47. The van der Waals surface area contributed by atoms with Gasteiger partial charge in [0, 0.05) is 26.0 Å². The van der Waals surface area contributed by atoms with Gasteiger partial charge < -0.3 is 4.90 Å². The zero-order valence-electron chi connectivity index (χ0n) is 16.2. The van der Waals surface area contributed by atoms with Gasteiger partial charge in [-0.3, -0.25) is 9.36 Å². The van der Waals surface area contributed by atoms with E-state index in [0.29, 0.717) is 10.5 Å². The standard InChI is InChI=1S/C21H24N4OS/c1-6-12-24(5)16-10-11-22-20-17(16)18-19(27-20)21(26)25(15(4)23-18)13-8-9-14(3)7-2/h7-11,13H,2,6,12H2,1,3-5H3/b13-8+,14-9-. The summed E-state index contributed by atoms with van der Waals surface area (Å²) >= 11 is 1.41. The average molecular weight is 381 g/mol. The van der Waals surface area contributed by atoms with Gasteiger partial charge >= 0.3 is 0 Å². The summed E-state index contributed by atoms with van der Waals surface area (Å²) in [6.45, 7) is 10.6. The molecule has 27 heavy (non-hydrogen) atoms. The van der Waals surface area contributed by atoms with Crippen LogP contribution in [0.1, 0.15) is 26.1 Å². The topological polar surface area (TPSA) is 51.0 Å². The van der Waals surface area contributed by atoms with Crippen LogP contribution in [0.25, 0.3) is 26.6 Å². The maximum Gasteiger partial charge on any atom is 0.275 e. The Bertz CT molecular complexity index is 1120. The Morgan fingerprint density at radius 2 is 2.22 bits per heavy atom. The second-order valence-electron chi connectivity index (χ2n) is 6.50. The summed E-state index contributed by atoms with van der Waals surface area (Å²) in [5.74, 6) is 0.654. The van der Waals surface area contributed by atoms with Crippen molar-refractivity contribution in [1.82, 2.24) is 14.5 Å². The van der Waals surface area contributed by atoms with Crippen molar-refractivity contribution in [2.75, 3.05) is 18.5 Å². The van der Waals surface area contributed by atoms with E-state index in [2.05, 4.69) is 30.4 Å². The summed E-state index contributed by atoms with van der Waals surface area (Å²) < 4.78 is 2.22. The molecule has 0 radical (unpaired) electrons. The van der Waals surface area contributed by atoms with Gasteiger partial charge in [-0.2, -0.15) is 0 Å². The van der Waals surface area contributed by atoms with E-state index in [1.54, 1.807) is 23.0 Å². The SMILES string of the molecule is C=C/C(C)=C\C=C\n1c(C)nc2c(sc3nccc(N(C)CCC)c32)c1=O. The molecule has 140 valence electrons. The first-order valence-corrected chi connectivity index (χ1v) is 9.78. The molecule has 0 saturated carbocycles. The van der Waals surface area contributed by atoms with Crippen molar-refractivity contribution in [3.05, 3.63) is 58.8 Å². The van der Waals surface area contributed by atoms with Crippen LogP contribution < -0.4 is 10.5 Å². The molecular weight excluding hydrogens is 356 g/mol. The van der Waals surface area contributed by atoms with Crippen LogP contribution in [0.3, 0.4) is 0 Å². The molecule has 3 aromatic rings. The van der Waals surface area contributed by atoms with Gasteiger partial charge in [0.1, 0.15) is 20.9 Å². The minimum atomic E-state index is -0.0644. The predicted molar refractivity (Wildman–Crippen MR) is 117 cm³/mol. The highest BCUT2D eigenvalue weighted by atomic mass is 32.1. The number of hydrogen-bond acceptors (Lipinski definition) is 5. The minimum Gasteiger partial charge on any atom is -0.374 e. The molecule has 0 fully saturated rings. The lowest BCUT2D eigenvalue weighted by Crippen LogP contribution is -2.19. The molecule has 0 N–H and O–H groups in total. The summed E-state index contributed by atoms with van der Waals surface area (Å²) in [6, 6.07) is 2.00. The second-order valence-corrected chi connectivity index (χ2v) is 7.50. The number of rotatable bonds is 6. The van der Waals surface area contributed by atoms with E-state index in [9.17, 15) is 4.79 Å². The van der Waals surface area contributed by atoms with Crippen LogP contribution in [-0.2, 0) is 0 Å². The van der Waals surface area contributed by atoms with Gasteiger partial charge in [0.2, 0.25) is 0 Å². The fourth-order valence-electron chi connectivity index (χ4n) is 3.01. The smallest absolute Gasteiger partial charge is 0.275 e. The number of thiophene rings is 1. The fraction of sp³-hybridized carbons (Fsp3) is 0.286. The summed E-state index contributed by atoms with van der Waals surface area (Å²) in [6.07, 6.45) is 10.1. The average Bonchev–Trinajstić information content (AvgIpc) is 3.03. The summed E-state index contributed by atoms with van der Waals surface area (Å²) in [5.41, 5.74) is 2.77. The van der Waals surface area contributed by atoms with Crippen molar-refractivity contribution in [2.24, 2.45) is 0 Å². The van der Waals surface area contributed by atoms with Gasteiger partial charge in [-0.1, -0.05) is 31.2 Å². The molecule has 0 spiro atoms. The number of aromatic nitrogens is 3. The molecule has 0 amide bonds. The van der Waals surface area contributed by atoms with E-state index in [-0.39, 0.29) is 5.56 Å². The Morgan fingerprint density at radius 1 is 1.44 bits per heavy atom. The fourth-order valence-corrected chi connectivity index (χ4v) is 4.05. The van der Waals surface area contributed by atoms with Gasteiger partial charge in [-0.25, -0.2) is 9.97 Å². The third-order valence-corrected chi connectivity index (χ3v) is 5.54. The molecule has 0 unspecified atom stereocenters. The van der Waals surface area contributed by atoms with Crippen molar-refractivity contribution < 1.29 is 0 Å². The van der Waals surface area contributed by atoms with Crippen LogP contribution in [0.15, 0.2) is 47.4 Å². The van der Waals surface area contributed by atoms with Crippen molar-refractivity contribution in [1.29, 1.82) is 0 Å². The van der Waals surface area contributed by atoms with Crippen LogP contribution in [0.4, 0.5) is 5.69 Å². The van der Waals surface area contributed by atoms with Crippen molar-refractivity contribution >= 4 is 43.7 Å². The molecule has 3 aromatic heterocycles. The first-order chi connectivity index (χ1) is 13.0. The number of hydrogen-bond donors (Lipinski definition) is 0. The number of anilines is 1. The number of allylic oxidation sites excluding steroid dienone is 4. The molecule has 0 saturated heterocycles. The molecule has 5 nitrogen and oxygen atoms in total. The molecule has 0 aliphatic heterocycles. The largest absolute Gasteiger partial charge is 0.374 e. The maximum absolute atomic E-state index is 13.1. The first-order valence-electron chi connectivity index (χ1n) is 8.97. The van der Waals surface area contributed by atoms with E-state index in [0.717, 1.165) is 40.0 Å². The Balaban J connectivity index is 2.23. The molecule has 0 bridgehead atoms. The Morgan fingerprint density at radius 3 is 2.93 bits per heavy atom. The molecule has 0 atom stereocenters. The van der Waals surface area contributed by atoms with Gasteiger partial charge in [0.15, 0.2) is 0 Å². The van der Waals surface area contributed by atoms with Crippen molar-refractivity contribution in [3.63, 3.8) is 0 Å². The molecule has 3 rings (SSSR count). The molecule has 0 aliphatic rings. The van der Waals surface area contributed by atoms with Gasteiger partial charge in [0.05, 0.1) is 11.1 Å². The highest BCUT2D eigenvalue weighted by Crippen LogP contribution is 2.35. The summed E-state index contributed by atoms with van der Waals surface area (Å²) in [5, 5.41) is 0.965. The van der Waals surface area contributed by atoms with Crippen LogP contribution in [0.2, 0.25) is 0 Å². The molecule has 3 heterocycles. The Labute approximate surface area is 163 Å². The van der Waals surface area contributed by atoms with Crippen LogP contribution >= 0.6 is 11.3 Å². The predicted octanol–water partition coefficient (Wildman–Crippen LogP) is 4.76. The second kappa shape index (κ2) is 7.88. The monoisotopic (exact) mass is 380 g/mol. The quantitative estimate of drug-likeness (QED) is 0.578. The number of nitrogens with zero attached hydrogens (tertiary/aromatic N) is 4. The van der Waals surface area contributed by atoms with Crippen molar-refractivity contribution in [3.8, 4) is 0 Å². The molecule has 0 aromatic carbocycles. The first kappa shape index (κ1) is 19.0. The van der Waals surface area contributed by atoms with E-state index in [1.807, 2.05) is 32.1 Å². The summed E-state index contributed by atoms with van der Waals surface area (Å²) in [4.78, 5) is 25.4. The van der Waals surface area contributed by atoms with Crippen LogP contribution in [0, 0.1) is 6.92 Å². The van der Waals surface area contributed by atoms with Gasteiger partial charge in [-0.05, 0) is 32.4 Å². The van der Waals surface area contributed by atoms with Crippen LogP contribution in [-0.4, -0.2) is 28.1 Å². The number of pyridine rings is 1.